The lowest BCUT2D eigenvalue weighted by Crippen LogP contribution is -2.31. The third-order valence-corrected chi connectivity index (χ3v) is 15.2. The van der Waals surface area contributed by atoms with E-state index in [1.807, 2.05) is 6.07 Å². The molecule has 4 aromatic carbocycles. The molecule has 0 saturated carbocycles. The van der Waals surface area contributed by atoms with Crippen LogP contribution in [0.2, 0.25) is 0 Å². The molecule has 10 bridgehead atoms. The fourth-order valence-corrected chi connectivity index (χ4v) is 11.9. The fourth-order valence-electron chi connectivity index (χ4n) is 6.13. The Morgan fingerprint density at radius 3 is 1.20 bits per heavy atom. The van der Waals surface area contributed by atoms with Crippen molar-refractivity contribution in [2.24, 2.45) is 0 Å². The molecule has 2 unspecified atom stereocenters. The molecule has 0 radical (unpaired) electrons. The van der Waals surface area contributed by atoms with Gasteiger partial charge in [-0.15, -0.1) is 0 Å². The van der Waals surface area contributed by atoms with Crippen molar-refractivity contribution in [3.05, 3.63) is 70.8 Å². The van der Waals surface area contributed by atoms with Gasteiger partial charge in [-0.3, -0.25) is 0 Å². The summed E-state index contributed by atoms with van der Waals surface area (Å²) in [4.78, 5) is 6.41. The van der Waals surface area contributed by atoms with E-state index in [0.717, 1.165) is 52.7 Å². The Balaban J connectivity index is 1.75. The summed E-state index contributed by atoms with van der Waals surface area (Å²) in [5.74, 6) is 2.15. The van der Waals surface area contributed by atoms with E-state index in [-0.39, 0.29) is 45.0 Å². The van der Waals surface area contributed by atoms with Crippen LogP contribution >= 0.6 is 35.3 Å². The molecule has 0 fully saturated rings. The van der Waals surface area contributed by atoms with Gasteiger partial charge in [0.25, 0.3) is 0 Å². The molecule has 0 aromatic heterocycles. The zero-order chi connectivity index (χ0) is 37.6. The molecule has 51 heavy (non-hydrogen) atoms. The van der Waals surface area contributed by atoms with Gasteiger partial charge in [-0.1, -0.05) is 118 Å². The SMILES string of the molecule is CC1C[S+]2c3cc(C(C)(C)C)cc(c3O)Sc3cc(C(C)(C)C)cc(c3O)Sc3cc(C(C)(C)C)cc(c3O)Sc3cc(C(C)(C)C)cc2c3O1. The van der Waals surface area contributed by atoms with Crippen molar-refractivity contribution in [3.63, 3.8) is 0 Å². The number of hydrogen-bond acceptors (Lipinski definition) is 7. The van der Waals surface area contributed by atoms with Crippen LogP contribution in [0, 0.1) is 0 Å². The van der Waals surface area contributed by atoms with E-state index in [1.54, 1.807) is 0 Å². The summed E-state index contributed by atoms with van der Waals surface area (Å²) in [5, 5.41) is 36.4. The summed E-state index contributed by atoms with van der Waals surface area (Å²) in [6.07, 6.45) is -0.0935. The Morgan fingerprint density at radius 1 is 0.490 bits per heavy atom. The van der Waals surface area contributed by atoms with Gasteiger partial charge >= 0.3 is 0 Å². The average Bonchev–Trinajstić information content (AvgIpc) is 2.99. The molecule has 0 amide bonds. The Hall–Kier alpha value is -2.52. The lowest BCUT2D eigenvalue weighted by atomic mass is 9.87. The number of hydrogen-bond donors (Lipinski definition) is 3. The number of phenolic OH excluding ortho intramolecular Hbond substituents is 3. The monoisotopic (exact) mass is 761 g/mol. The van der Waals surface area contributed by atoms with Crippen LogP contribution in [0.15, 0.2) is 87.7 Å². The van der Waals surface area contributed by atoms with Crippen molar-refractivity contribution in [2.75, 3.05) is 5.75 Å². The Bertz CT molecular complexity index is 2020. The Morgan fingerprint density at radius 2 is 0.804 bits per heavy atom. The van der Waals surface area contributed by atoms with Gasteiger partial charge in [-0.2, -0.15) is 0 Å². The average molecular weight is 762 g/mol. The minimum absolute atomic E-state index is 0.0935. The molecule has 0 aliphatic carbocycles. The topological polar surface area (TPSA) is 69.9 Å². The van der Waals surface area contributed by atoms with Gasteiger partial charge in [0.1, 0.15) is 17.6 Å². The van der Waals surface area contributed by atoms with Crippen molar-refractivity contribution in [3.8, 4) is 23.0 Å². The smallest absolute Gasteiger partial charge is 0.204 e. The molecular formula is C43H53O4S4+. The minimum Gasteiger partial charge on any atom is -0.506 e. The van der Waals surface area contributed by atoms with Crippen LogP contribution in [0.1, 0.15) is 112 Å². The Labute approximate surface area is 320 Å². The Kier molecular flexibility index (Phi) is 9.82. The molecule has 8 heteroatoms. The molecule has 2 atom stereocenters. The molecule has 272 valence electrons. The quantitative estimate of drug-likeness (QED) is 0.154. The lowest BCUT2D eigenvalue weighted by Gasteiger charge is -2.30. The van der Waals surface area contributed by atoms with Gasteiger partial charge in [0.15, 0.2) is 17.3 Å². The van der Waals surface area contributed by atoms with Crippen molar-refractivity contribution in [2.45, 2.75) is 157 Å². The molecule has 0 spiro atoms. The molecule has 2 aliphatic rings. The van der Waals surface area contributed by atoms with E-state index in [2.05, 4.69) is 132 Å². The second-order valence-electron chi connectivity index (χ2n) is 18.1. The van der Waals surface area contributed by atoms with Gasteiger partial charge in [0.05, 0.1) is 40.3 Å². The van der Waals surface area contributed by atoms with E-state index in [1.165, 1.54) is 40.8 Å². The lowest BCUT2D eigenvalue weighted by molar-refractivity contribution is 0.227. The number of ether oxygens (including phenoxy) is 1. The van der Waals surface area contributed by atoms with Crippen molar-refractivity contribution < 1.29 is 20.1 Å². The number of fused-ring (bicyclic) bond motifs is 7. The summed E-state index contributed by atoms with van der Waals surface area (Å²) in [7, 11) is -0.523. The van der Waals surface area contributed by atoms with E-state index in [9.17, 15) is 15.3 Å². The molecule has 6 rings (SSSR count). The summed E-state index contributed by atoms with van der Waals surface area (Å²) >= 11 is 4.34. The maximum absolute atomic E-state index is 12.3. The van der Waals surface area contributed by atoms with Crippen LogP contribution in [0.3, 0.4) is 0 Å². The van der Waals surface area contributed by atoms with Crippen LogP contribution in [0.5, 0.6) is 23.0 Å². The number of aromatic hydroxyl groups is 3. The third-order valence-electron chi connectivity index (χ3n) is 9.52. The predicted octanol–water partition coefficient (Wildman–Crippen LogP) is 12.6. The maximum Gasteiger partial charge on any atom is 0.204 e. The summed E-state index contributed by atoms with van der Waals surface area (Å²) in [6.45, 7) is 28.5. The van der Waals surface area contributed by atoms with Crippen LogP contribution in [-0.4, -0.2) is 27.2 Å². The van der Waals surface area contributed by atoms with E-state index >= 15 is 0 Å². The highest BCUT2D eigenvalue weighted by atomic mass is 32.2. The first-order chi connectivity index (χ1) is 23.4. The van der Waals surface area contributed by atoms with Crippen molar-refractivity contribution in [1.29, 1.82) is 0 Å². The first-order valence-corrected chi connectivity index (χ1v) is 21.5. The largest absolute Gasteiger partial charge is 0.506 e. The molecule has 0 saturated heterocycles. The van der Waals surface area contributed by atoms with Gasteiger partial charge in [0, 0.05) is 12.1 Å². The predicted molar refractivity (Wildman–Crippen MR) is 217 cm³/mol. The van der Waals surface area contributed by atoms with Gasteiger partial charge < -0.3 is 20.1 Å². The maximum atomic E-state index is 12.3. The zero-order valence-electron chi connectivity index (χ0n) is 32.3. The van der Waals surface area contributed by atoms with Crippen molar-refractivity contribution in [1.82, 2.24) is 0 Å². The van der Waals surface area contributed by atoms with Crippen LogP contribution in [-0.2, 0) is 32.6 Å². The highest BCUT2D eigenvalue weighted by Crippen LogP contribution is 2.55. The molecule has 4 nitrogen and oxygen atoms in total. The highest BCUT2D eigenvalue weighted by molar-refractivity contribution is 8.01. The number of benzene rings is 4. The third kappa shape index (κ3) is 7.63. The first kappa shape index (κ1) is 38.2. The summed E-state index contributed by atoms with van der Waals surface area (Å²) < 4.78 is 6.75. The molecule has 4 aromatic rings. The second-order valence-corrected chi connectivity index (χ2v) is 23.3. The number of phenols is 3. The van der Waals surface area contributed by atoms with Crippen molar-refractivity contribution >= 4 is 46.2 Å². The molecule has 3 N–H and O–H groups in total. The number of rotatable bonds is 0. The van der Waals surface area contributed by atoms with Crippen LogP contribution in [0.4, 0.5) is 0 Å². The van der Waals surface area contributed by atoms with Crippen LogP contribution in [0.25, 0.3) is 0 Å². The molecule has 2 heterocycles. The standard InChI is InChI=1S/C43H52O4S4/c1-23-22-51-34-20-26(42(8,9)10)18-32(38(34)46)49-30-16-24(40(2,3)4)14-28(36(30)44)48-29-15-25(41(5,6)7)17-31(37(29)45)50-33-19-27(43(11,12)13)21-35(51)39(33)47-23/h14-21,23H,22H2,1-13H3,(H2-,44,45,46)/p+1. The van der Waals surface area contributed by atoms with Gasteiger partial charge in [-0.05, 0) is 87.2 Å². The minimum atomic E-state index is -0.523. The second kappa shape index (κ2) is 13.1. The van der Waals surface area contributed by atoms with Gasteiger partial charge in [0.2, 0.25) is 9.79 Å². The summed E-state index contributed by atoms with van der Waals surface area (Å²) in [5.41, 5.74) is 3.73. The highest BCUT2D eigenvalue weighted by Gasteiger charge is 2.43. The van der Waals surface area contributed by atoms with E-state index in [0.29, 0.717) is 14.7 Å². The van der Waals surface area contributed by atoms with E-state index in [4.69, 9.17) is 4.74 Å². The van der Waals surface area contributed by atoms with Crippen LogP contribution < -0.4 is 4.74 Å². The zero-order valence-corrected chi connectivity index (χ0v) is 35.6. The van der Waals surface area contributed by atoms with E-state index < -0.39 is 10.9 Å². The summed E-state index contributed by atoms with van der Waals surface area (Å²) in [6, 6.07) is 17.1. The normalized spacial score (nSPS) is 18.0. The molecule has 2 aliphatic heterocycles. The van der Waals surface area contributed by atoms with Gasteiger partial charge in [-0.25, -0.2) is 0 Å². The fraction of sp³-hybridized carbons (Fsp3) is 0.442. The first-order valence-electron chi connectivity index (χ1n) is 17.6. The molecular weight excluding hydrogens is 709 g/mol.